The summed E-state index contributed by atoms with van der Waals surface area (Å²) < 4.78 is 17.6. The summed E-state index contributed by atoms with van der Waals surface area (Å²) >= 11 is 0. The lowest BCUT2D eigenvalue weighted by Gasteiger charge is -2.36. The molecule has 0 aromatic heterocycles. The van der Waals surface area contributed by atoms with Gasteiger partial charge in [-0.3, -0.25) is 0 Å². The minimum Gasteiger partial charge on any atom is -0.381 e. The number of allylic oxidation sites excluding steroid dienone is 1. The first kappa shape index (κ1) is 26.4. The molecule has 0 aliphatic heterocycles. The first-order chi connectivity index (χ1) is 15.2. The van der Waals surface area contributed by atoms with Gasteiger partial charge < -0.3 is 14.2 Å². The summed E-state index contributed by atoms with van der Waals surface area (Å²) in [6, 6.07) is 6.32. The Morgan fingerprint density at radius 1 is 1.22 bits per heavy atom. The molecule has 1 aromatic carbocycles. The Labute approximate surface area is 196 Å². The predicted molar refractivity (Wildman–Crippen MR) is 136 cm³/mol. The van der Waals surface area contributed by atoms with Gasteiger partial charge in [0.1, 0.15) is 5.60 Å². The van der Waals surface area contributed by atoms with E-state index in [0.29, 0.717) is 12.2 Å². The van der Waals surface area contributed by atoms with Crippen LogP contribution < -0.4 is 0 Å². The molecule has 1 fully saturated rings. The maximum absolute atomic E-state index is 6.34. The smallest absolute Gasteiger partial charge is 0.123 e. The Balaban J connectivity index is 2.04. The summed E-state index contributed by atoms with van der Waals surface area (Å²) in [5.74, 6) is 6.59. The second-order valence-corrected chi connectivity index (χ2v) is 9.57. The summed E-state index contributed by atoms with van der Waals surface area (Å²) in [7, 11) is 1.78. The molecule has 0 saturated heterocycles. The van der Waals surface area contributed by atoms with Crippen molar-refractivity contribution in [1.29, 1.82) is 0 Å². The third-order valence-corrected chi connectivity index (χ3v) is 5.86. The fourth-order valence-electron chi connectivity index (χ4n) is 4.07. The van der Waals surface area contributed by atoms with Crippen LogP contribution in [0.15, 0.2) is 31.4 Å². The largest absolute Gasteiger partial charge is 0.381 e. The van der Waals surface area contributed by atoms with Gasteiger partial charge in [-0.1, -0.05) is 56.6 Å². The number of rotatable bonds is 12. The highest BCUT2D eigenvalue weighted by Gasteiger charge is 2.31. The number of benzene rings is 1. The molecule has 0 N–H and O–H groups in total. The van der Waals surface area contributed by atoms with E-state index in [4.69, 9.17) is 14.2 Å². The molecule has 32 heavy (non-hydrogen) atoms. The van der Waals surface area contributed by atoms with Gasteiger partial charge in [0.25, 0.3) is 0 Å². The van der Waals surface area contributed by atoms with E-state index in [1.807, 2.05) is 33.8 Å². The third kappa shape index (κ3) is 8.24. The van der Waals surface area contributed by atoms with Gasteiger partial charge in [-0.05, 0) is 82.6 Å². The monoisotopic (exact) mass is 438 g/mol. The van der Waals surface area contributed by atoms with E-state index < -0.39 is 5.60 Å². The Bertz CT molecular complexity index is 819. The lowest BCUT2D eigenvalue weighted by atomic mass is 9.91. The lowest BCUT2D eigenvalue weighted by molar-refractivity contribution is -0.118. The summed E-state index contributed by atoms with van der Waals surface area (Å²) in [5, 5.41) is 0. The molecule has 1 aromatic rings. The molecule has 0 heterocycles. The molecule has 1 aliphatic carbocycles. The Morgan fingerprint density at radius 3 is 2.53 bits per heavy atom. The van der Waals surface area contributed by atoms with E-state index in [1.54, 1.807) is 7.11 Å². The summed E-state index contributed by atoms with van der Waals surface area (Å²) in [4.78, 5) is 0. The SMILES string of the molecule is C=Cc1ccc(C(=C)CCC(CCC)OC2CC(OC)C2)cc1C#CC(C)(C)OC(C)C. The maximum Gasteiger partial charge on any atom is 0.123 e. The van der Waals surface area contributed by atoms with Crippen molar-refractivity contribution in [2.45, 2.75) is 103 Å². The highest BCUT2D eigenvalue weighted by atomic mass is 16.5. The Kier molecular flexibility index (Phi) is 10.2. The molecule has 176 valence electrons. The second-order valence-electron chi connectivity index (χ2n) is 9.57. The van der Waals surface area contributed by atoms with E-state index in [1.165, 1.54) is 0 Å². The van der Waals surface area contributed by atoms with Gasteiger partial charge in [0.15, 0.2) is 0 Å². The highest BCUT2D eigenvalue weighted by molar-refractivity contribution is 5.69. The van der Waals surface area contributed by atoms with E-state index in [0.717, 1.165) is 60.8 Å². The molecule has 1 saturated carbocycles. The molecule has 0 spiro atoms. The molecular formula is C29H42O3. The molecule has 0 bridgehead atoms. The predicted octanol–water partition coefficient (Wildman–Crippen LogP) is 7.04. The zero-order valence-corrected chi connectivity index (χ0v) is 21.0. The van der Waals surface area contributed by atoms with Crippen LogP contribution in [0.3, 0.4) is 0 Å². The standard InChI is InChI=1S/C29H42O3/c1-9-11-26(31-28-19-27(20-28)30-8)15-12-22(5)24-14-13-23(10-2)25(18-24)16-17-29(6,7)32-21(3)4/h10,13-14,18,21,26-28H,2,5,9,11-12,15,19-20H2,1,3-4,6-8H3. The average Bonchev–Trinajstić information content (AvgIpc) is 2.71. The van der Waals surface area contributed by atoms with Crippen molar-refractivity contribution in [3.8, 4) is 11.8 Å². The van der Waals surface area contributed by atoms with Crippen molar-refractivity contribution in [1.82, 2.24) is 0 Å². The van der Waals surface area contributed by atoms with Crippen molar-refractivity contribution in [3.05, 3.63) is 48.0 Å². The van der Waals surface area contributed by atoms with Gasteiger partial charge >= 0.3 is 0 Å². The summed E-state index contributed by atoms with van der Waals surface area (Å²) in [6.45, 7) is 18.6. The zero-order chi connectivity index (χ0) is 23.7. The Hall–Kier alpha value is -1.86. The van der Waals surface area contributed by atoms with Crippen LogP contribution in [0.5, 0.6) is 0 Å². The number of hydrogen-bond donors (Lipinski definition) is 0. The number of methoxy groups -OCH3 is 1. The number of hydrogen-bond acceptors (Lipinski definition) is 3. The van der Waals surface area contributed by atoms with Gasteiger partial charge in [-0.25, -0.2) is 0 Å². The third-order valence-electron chi connectivity index (χ3n) is 5.86. The van der Waals surface area contributed by atoms with Gasteiger partial charge in [-0.15, -0.1) is 0 Å². The fraction of sp³-hybridized carbons (Fsp3) is 0.586. The van der Waals surface area contributed by atoms with Crippen LogP contribution in [0.2, 0.25) is 0 Å². The van der Waals surface area contributed by atoms with Crippen molar-refractivity contribution in [3.63, 3.8) is 0 Å². The molecule has 3 nitrogen and oxygen atoms in total. The summed E-state index contributed by atoms with van der Waals surface area (Å²) in [5.41, 5.74) is 3.73. The van der Waals surface area contributed by atoms with Gasteiger partial charge in [0, 0.05) is 12.7 Å². The van der Waals surface area contributed by atoms with Crippen LogP contribution in [0, 0.1) is 11.8 Å². The first-order valence-corrected chi connectivity index (χ1v) is 12.0. The van der Waals surface area contributed by atoms with Crippen molar-refractivity contribution < 1.29 is 14.2 Å². The van der Waals surface area contributed by atoms with Crippen LogP contribution in [0.25, 0.3) is 11.6 Å². The molecule has 1 atom stereocenters. The molecule has 0 radical (unpaired) electrons. The lowest BCUT2D eigenvalue weighted by Crippen LogP contribution is -2.39. The Morgan fingerprint density at radius 2 is 1.94 bits per heavy atom. The quantitative estimate of drug-likeness (QED) is 0.328. The second kappa shape index (κ2) is 12.4. The van der Waals surface area contributed by atoms with E-state index in [9.17, 15) is 0 Å². The van der Waals surface area contributed by atoms with Crippen LogP contribution in [0.4, 0.5) is 0 Å². The zero-order valence-electron chi connectivity index (χ0n) is 21.0. The molecule has 0 amide bonds. The van der Waals surface area contributed by atoms with E-state index in [-0.39, 0.29) is 12.2 Å². The average molecular weight is 439 g/mol. The topological polar surface area (TPSA) is 27.7 Å². The maximum atomic E-state index is 6.34. The van der Waals surface area contributed by atoms with Crippen LogP contribution >= 0.6 is 0 Å². The molecule has 1 aliphatic rings. The molecular weight excluding hydrogens is 396 g/mol. The normalized spacial score (nSPS) is 19.1. The minimum absolute atomic E-state index is 0.128. The first-order valence-electron chi connectivity index (χ1n) is 12.0. The molecule has 1 unspecified atom stereocenters. The van der Waals surface area contributed by atoms with E-state index >= 15 is 0 Å². The summed E-state index contributed by atoms with van der Waals surface area (Å²) in [6.07, 6.45) is 9.10. The van der Waals surface area contributed by atoms with Crippen LogP contribution in [-0.4, -0.2) is 37.1 Å². The van der Waals surface area contributed by atoms with E-state index in [2.05, 4.69) is 50.1 Å². The number of ether oxygens (including phenoxy) is 3. The molecule has 3 heteroatoms. The fourth-order valence-corrected chi connectivity index (χ4v) is 4.07. The highest BCUT2D eigenvalue weighted by Crippen LogP contribution is 2.30. The van der Waals surface area contributed by atoms with Gasteiger partial charge in [-0.2, -0.15) is 0 Å². The minimum atomic E-state index is -0.506. The van der Waals surface area contributed by atoms with Gasteiger partial charge in [0.2, 0.25) is 0 Å². The van der Waals surface area contributed by atoms with Crippen molar-refractivity contribution in [2.75, 3.05) is 7.11 Å². The molecule has 2 rings (SSSR count). The van der Waals surface area contributed by atoms with Crippen LogP contribution in [-0.2, 0) is 14.2 Å². The van der Waals surface area contributed by atoms with Gasteiger partial charge in [0.05, 0.1) is 24.4 Å². The van der Waals surface area contributed by atoms with Crippen molar-refractivity contribution >= 4 is 11.6 Å². The van der Waals surface area contributed by atoms with Crippen molar-refractivity contribution in [2.24, 2.45) is 0 Å². The van der Waals surface area contributed by atoms with Crippen LogP contribution in [0.1, 0.15) is 89.8 Å².